The number of carboxylic acid groups (broad SMARTS) is 1. The third-order valence-corrected chi connectivity index (χ3v) is 5.93. The van der Waals surface area contributed by atoms with Gasteiger partial charge in [0.2, 0.25) is 0 Å². The SMILES string of the molecule is C[C@H](c1ccccc1)N(Cc1ccccc1)C(CC(=O)O)c1cccc(I)c1F. The summed E-state index contributed by atoms with van der Waals surface area (Å²) >= 11 is 1.95. The molecule has 1 N–H and O–H groups in total. The van der Waals surface area contributed by atoms with Crippen LogP contribution in [0.1, 0.15) is 42.1 Å². The number of rotatable bonds is 8. The molecule has 0 bridgehead atoms. The Kier molecular flexibility index (Phi) is 7.39. The largest absolute Gasteiger partial charge is 0.481 e. The number of hydrogen-bond donors (Lipinski definition) is 1. The Labute approximate surface area is 184 Å². The predicted octanol–water partition coefficient (Wildman–Crippen LogP) is 6.21. The Bertz CT molecular complexity index is 950. The topological polar surface area (TPSA) is 40.5 Å². The summed E-state index contributed by atoms with van der Waals surface area (Å²) in [5.41, 5.74) is 2.53. The summed E-state index contributed by atoms with van der Waals surface area (Å²) in [7, 11) is 0. The molecular weight excluding hydrogens is 480 g/mol. The van der Waals surface area contributed by atoms with Crippen LogP contribution in [0.3, 0.4) is 0 Å². The van der Waals surface area contributed by atoms with E-state index in [2.05, 4.69) is 4.90 Å². The van der Waals surface area contributed by atoms with Gasteiger partial charge in [0.15, 0.2) is 0 Å². The van der Waals surface area contributed by atoms with E-state index in [-0.39, 0.29) is 18.3 Å². The Morgan fingerprint density at radius 1 is 1.00 bits per heavy atom. The van der Waals surface area contributed by atoms with Gasteiger partial charge in [-0.05, 0) is 46.7 Å². The van der Waals surface area contributed by atoms with Gasteiger partial charge in [0.05, 0.1) is 6.42 Å². The standard InChI is InChI=1S/C24H23FINO2/c1-17(19-11-6-3-7-12-19)27(16-18-9-4-2-5-10-18)22(15-23(28)29)20-13-8-14-21(26)24(20)25/h2-14,17,22H,15-16H2,1H3,(H,28,29)/t17-,22?/m1/s1. The first kappa shape index (κ1) is 21.5. The van der Waals surface area contributed by atoms with Crippen LogP contribution >= 0.6 is 22.6 Å². The summed E-state index contributed by atoms with van der Waals surface area (Å²) < 4.78 is 15.5. The van der Waals surface area contributed by atoms with Gasteiger partial charge in [-0.25, -0.2) is 4.39 Å². The van der Waals surface area contributed by atoms with Gasteiger partial charge in [-0.1, -0.05) is 72.8 Å². The van der Waals surface area contributed by atoms with Crippen LogP contribution in [0.2, 0.25) is 0 Å². The minimum absolute atomic E-state index is 0.0991. The van der Waals surface area contributed by atoms with Crippen molar-refractivity contribution in [2.75, 3.05) is 0 Å². The molecule has 2 atom stereocenters. The molecule has 0 aliphatic carbocycles. The second-order valence-corrected chi connectivity index (χ2v) is 8.16. The minimum atomic E-state index is -0.952. The van der Waals surface area contributed by atoms with Crippen molar-refractivity contribution in [2.24, 2.45) is 0 Å². The Morgan fingerprint density at radius 3 is 2.24 bits per heavy atom. The lowest BCUT2D eigenvalue weighted by Crippen LogP contribution is -2.33. The molecule has 0 heterocycles. The van der Waals surface area contributed by atoms with E-state index >= 15 is 4.39 Å². The monoisotopic (exact) mass is 503 g/mol. The maximum atomic E-state index is 15.0. The van der Waals surface area contributed by atoms with Crippen molar-refractivity contribution in [1.29, 1.82) is 0 Å². The molecule has 0 fully saturated rings. The third-order valence-electron chi connectivity index (χ3n) is 5.10. The number of carboxylic acids is 1. The zero-order valence-electron chi connectivity index (χ0n) is 16.1. The van der Waals surface area contributed by atoms with E-state index in [1.165, 1.54) is 0 Å². The van der Waals surface area contributed by atoms with Gasteiger partial charge >= 0.3 is 5.97 Å². The molecule has 3 aromatic carbocycles. The highest BCUT2D eigenvalue weighted by Gasteiger charge is 2.30. The average molecular weight is 503 g/mol. The van der Waals surface area contributed by atoms with Crippen molar-refractivity contribution >= 4 is 28.6 Å². The Hall–Kier alpha value is -2.25. The Balaban J connectivity index is 2.08. The Morgan fingerprint density at radius 2 is 1.62 bits per heavy atom. The van der Waals surface area contributed by atoms with Crippen LogP contribution in [0.15, 0.2) is 78.9 Å². The second-order valence-electron chi connectivity index (χ2n) is 7.00. The quantitative estimate of drug-likeness (QED) is 0.372. The van der Waals surface area contributed by atoms with Crippen LogP contribution in [-0.4, -0.2) is 16.0 Å². The molecular formula is C24H23FINO2. The highest BCUT2D eigenvalue weighted by atomic mass is 127. The maximum Gasteiger partial charge on any atom is 0.305 e. The predicted molar refractivity (Wildman–Crippen MR) is 121 cm³/mol. The molecule has 0 saturated heterocycles. The fourth-order valence-corrected chi connectivity index (χ4v) is 4.10. The van der Waals surface area contributed by atoms with Crippen LogP contribution < -0.4 is 0 Å². The summed E-state index contributed by atoms with van der Waals surface area (Å²) in [6, 6.07) is 24.3. The molecule has 3 rings (SSSR count). The number of hydrogen-bond acceptors (Lipinski definition) is 2. The first-order valence-corrected chi connectivity index (χ1v) is 10.6. The van der Waals surface area contributed by atoms with Crippen LogP contribution in [0.4, 0.5) is 4.39 Å². The highest BCUT2D eigenvalue weighted by molar-refractivity contribution is 14.1. The molecule has 0 saturated carbocycles. The van der Waals surface area contributed by atoms with Crippen molar-refractivity contribution in [2.45, 2.75) is 32.0 Å². The number of carbonyl (C=O) groups is 1. The number of benzene rings is 3. The zero-order chi connectivity index (χ0) is 20.8. The van der Waals surface area contributed by atoms with Crippen LogP contribution in [0, 0.1) is 9.39 Å². The van der Waals surface area contributed by atoms with Crippen molar-refractivity contribution < 1.29 is 14.3 Å². The summed E-state index contributed by atoms with van der Waals surface area (Å²) in [6.45, 7) is 2.55. The molecule has 0 spiro atoms. The van der Waals surface area contributed by atoms with Gasteiger partial charge in [-0.2, -0.15) is 0 Å². The summed E-state index contributed by atoms with van der Waals surface area (Å²) in [6.07, 6.45) is -0.180. The van der Waals surface area contributed by atoms with Crippen LogP contribution in [0.25, 0.3) is 0 Å². The lowest BCUT2D eigenvalue weighted by molar-refractivity contribution is -0.138. The second kappa shape index (κ2) is 9.98. The fourth-order valence-electron chi connectivity index (χ4n) is 3.58. The molecule has 1 unspecified atom stereocenters. The molecule has 3 aromatic rings. The highest BCUT2D eigenvalue weighted by Crippen LogP contribution is 2.36. The van der Waals surface area contributed by atoms with E-state index in [1.807, 2.05) is 90.2 Å². The molecule has 0 aliphatic heterocycles. The lowest BCUT2D eigenvalue weighted by Gasteiger charge is -2.37. The van der Waals surface area contributed by atoms with Crippen molar-refractivity contribution in [3.8, 4) is 0 Å². The molecule has 0 aromatic heterocycles. The van der Waals surface area contributed by atoms with Gasteiger partial charge in [0.25, 0.3) is 0 Å². The van der Waals surface area contributed by atoms with Gasteiger partial charge in [0, 0.05) is 27.8 Å². The first-order chi connectivity index (χ1) is 14.0. The number of nitrogens with zero attached hydrogens (tertiary/aromatic N) is 1. The van der Waals surface area contributed by atoms with Crippen molar-refractivity contribution in [3.05, 3.63) is 105 Å². The zero-order valence-corrected chi connectivity index (χ0v) is 18.3. The summed E-state index contributed by atoms with van der Waals surface area (Å²) in [5, 5.41) is 9.62. The van der Waals surface area contributed by atoms with E-state index < -0.39 is 12.0 Å². The summed E-state index contributed by atoms with van der Waals surface area (Å²) in [4.78, 5) is 13.8. The van der Waals surface area contributed by atoms with Crippen molar-refractivity contribution in [3.63, 3.8) is 0 Å². The normalized spacial score (nSPS) is 13.2. The van der Waals surface area contributed by atoms with Gasteiger partial charge in [-0.15, -0.1) is 0 Å². The molecule has 150 valence electrons. The molecule has 0 radical (unpaired) electrons. The molecule has 5 heteroatoms. The van der Waals surface area contributed by atoms with Gasteiger partial charge < -0.3 is 5.11 Å². The smallest absolute Gasteiger partial charge is 0.305 e. The van der Waals surface area contributed by atoms with Crippen LogP contribution in [0.5, 0.6) is 0 Å². The van der Waals surface area contributed by atoms with Crippen molar-refractivity contribution in [1.82, 2.24) is 4.90 Å². The van der Waals surface area contributed by atoms with E-state index in [1.54, 1.807) is 18.2 Å². The third kappa shape index (κ3) is 5.42. The van der Waals surface area contributed by atoms with E-state index in [0.29, 0.717) is 15.7 Å². The average Bonchev–Trinajstić information content (AvgIpc) is 2.73. The molecule has 3 nitrogen and oxygen atoms in total. The number of aliphatic carboxylic acids is 1. The molecule has 29 heavy (non-hydrogen) atoms. The number of halogens is 2. The van der Waals surface area contributed by atoms with Crippen LogP contribution in [-0.2, 0) is 11.3 Å². The fraction of sp³-hybridized carbons (Fsp3) is 0.208. The van der Waals surface area contributed by atoms with E-state index in [0.717, 1.165) is 11.1 Å². The van der Waals surface area contributed by atoms with E-state index in [4.69, 9.17) is 0 Å². The molecule has 0 amide bonds. The van der Waals surface area contributed by atoms with Gasteiger partial charge in [-0.3, -0.25) is 9.69 Å². The maximum absolute atomic E-state index is 15.0. The summed E-state index contributed by atoms with van der Waals surface area (Å²) in [5.74, 6) is -1.30. The van der Waals surface area contributed by atoms with Gasteiger partial charge in [0.1, 0.15) is 5.82 Å². The van der Waals surface area contributed by atoms with E-state index in [9.17, 15) is 9.90 Å². The lowest BCUT2D eigenvalue weighted by atomic mass is 9.96. The first-order valence-electron chi connectivity index (χ1n) is 9.47. The molecule has 0 aliphatic rings. The minimum Gasteiger partial charge on any atom is -0.481 e.